The van der Waals surface area contributed by atoms with E-state index in [1.165, 1.54) is 6.07 Å². The van der Waals surface area contributed by atoms with E-state index in [9.17, 15) is 12.8 Å². The first-order chi connectivity index (χ1) is 14.4. The first kappa shape index (κ1) is 22.3. The summed E-state index contributed by atoms with van der Waals surface area (Å²) in [5.41, 5.74) is 2.96. The summed E-state index contributed by atoms with van der Waals surface area (Å²) in [7, 11) is -3.20. The number of likely N-dealkylation sites (tertiary alicyclic amines) is 1. The summed E-state index contributed by atoms with van der Waals surface area (Å²) in [5, 5.41) is 0. The maximum Gasteiger partial charge on any atom is 0.151 e. The van der Waals surface area contributed by atoms with Gasteiger partial charge in [0.2, 0.25) is 0 Å². The lowest BCUT2D eigenvalue weighted by molar-refractivity contribution is -0.0355. The zero-order valence-corrected chi connectivity index (χ0v) is 19.7. The van der Waals surface area contributed by atoms with Crippen molar-refractivity contribution in [1.82, 2.24) is 4.90 Å². The molecule has 1 fully saturated rings. The number of aryl methyl sites for hydroxylation is 1. The van der Waals surface area contributed by atoms with Crippen molar-refractivity contribution in [2.75, 3.05) is 19.3 Å². The Morgan fingerprint density at radius 2 is 1.77 bits per heavy atom. The highest BCUT2D eigenvalue weighted by molar-refractivity contribution is 7.89. The van der Waals surface area contributed by atoms with Crippen LogP contribution in [0.3, 0.4) is 0 Å². The minimum Gasteiger partial charge on any atom is -0.487 e. The van der Waals surface area contributed by atoms with E-state index in [1.807, 2.05) is 18.2 Å². The number of ether oxygens (including phenoxy) is 1. The number of halogens is 1. The second kappa shape index (κ2) is 7.89. The van der Waals surface area contributed by atoms with Gasteiger partial charge >= 0.3 is 0 Å². The highest BCUT2D eigenvalue weighted by Gasteiger charge is 2.41. The summed E-state index contributed by atoms with van der Waals surface area (Å²) < 4.78 is 44.2. The second-order valence-corrected chi connectivity index (χ2v) is 12.3. The van der Waals surface area contributed by atoms with Crippen molar-refractivity contribution in [1.29, 1.82) is 0 Å². The van der Waals surface area contributed by atoms with Crippen LogP contribution in [0.15, 0.2) is 36.4 Å². The molecule has 1 spiro atoms. The predicted molar refractivity (Wildman–Crippen MR) is 123 cm³/mol. The largest absolute Gasteiger partial charge is 0.487 e. The van der Waals surface area contributed by atoms with Crippen LogP contribution in [0.2, 0.25) is 0 Å². The molecule has 6 heteroatoms. The Bertz CT molecular complexity index is 1080. The van der Waals surface area contributed by atoms with E-state index >= 15 is 0 Å². The second-order valence-electron chi connectivity index (χ2n) is 10.1. The highest BCUT2D eigenvalue weighted by atomic mass is 32.2. The smallest absolute Gasteiger partial charge is 0.151 e. The lowest BCUT2D eigenvalue weighted by atomic mass is 9.81. The van der Waals surface area contributed by atoms with Crippen molar-refractivity contribution in [2.45, 2.75) is 63.3 Å². The predicted octanol–water partition coefficient (Wildman–Crippen LogP) is 5.00. The Kier molecular flexibility index (Phi) is 5.67. The maximum atomic E-state index is 14.7. The Hall–Kier alpha value is -1.92. The number of fused-ring (bicyclic) bond motifs is 1. The first-order valence-corrected chi connectivity index (χ1v) is 13.0. The highest BCUT2D eigenvalue weighted by Crippen LogP contribution is 2.41. The molecule has 2 heterocycles. The van der Waals surface area contributed by atoms with Gasteiger partial charge in [0.05, 0.1) is 5.75 Å². The summed E-state index contributed by atoms with van der Waals surface area (Å²) in [4.78, 5) is 2.52. The van der Waals surface area contributed by atoms with Gasteiger partial charge in [0, 0.05) is 30.4 Å². The Morgan fingerprint density at radius 3 is 2.39 bits per heavy atom. The fourth-order valence-electron chi connectivity index (χ4n) is 4.81. The van der Waals surface area contributed by atoms with E-state index in [-0.39, 0.29) is 16.9 Å². The third-order valence-corrected chi connectivity index (χ3v) is 7.49. The molecular weight excluding hydrogens is 413 g/mol. The molecule has 0 atom stereocenters. The standard InChI is InChI=1S/C25H32FNO3S/c1-24(2,3)27-13-11-25(12-14-27)10-9-20-16-19(6-8-23(20)30-25)21-7-5-18(15-22(21)26)17-31(4,28)29/h5-8,15-16H,9-14,17H2,1-4H3. The van der Waals surface area contributed by atoms with Crippen LogP contribution < -0.4 is 4.74 Å². The number of hydrogen-bond acceptors (Lipinski definition) is 4. The van der Waals surface area contributed by atoms with Gasteiger partial charge < -0.3 is 4.74 Å². The summed E-state index contributed by atoms with van der Waals surface area (Å²) in [6, 6.07) is 10.6. The number of hydrogen-bond donors (Lipinski definition) is 0. The molecular formula is C25H32FNO3S. The molecule has 2 aromatic rings. The first-order valence-electron chi connectivity index (χ1n) is 11.0. The van der Waals surface area contributed by atoms with E-state index in [0.29, 0.717) is 11.1 Å². The third-order valence-electron chi connectivity index (χ3n) is 6.63. The average molecular weight is 446 g/mol. The number of nitrogens with zero attached hydrogens (tertiary/aromatic N) is 1. The topological polar surface area (TPSA) is 46.6 Å². The Morgan fingerprint density at radius 1 is 1.06 bits per heavy atom. The zero-order valence-electron chi connectivity index (χ0n) is 18.9. The molecule has 0 N–H and O–H groups in total. The monoisotopic (exact) mass is 445 g/mol. The van der Waals surface area contributed by atoms with Crippen LogP contribution in [0.1, 0.15) is 51.2 Å². The lowest BCUT2D eigenvalue weighted by Crippen LogP contribution is -2.54. The van der Waals surface area contributed by atoms with E-state index < -0.39 is 15.7 Å². The summed E-state index contributed by atoms with van der Waals surface area (Å²) >= 11 is 0. The Balaban J connectivity index is 1.51. The Labute approximate surface area is 185 Å². The fourth-order valence-corrected chi connectivity index (χ4v) is 5.60. The fraction of sp³-hybridized carbons (Fsp3) is 0.520. The molecule has 2 aliphatic heterocycles. The van der Waals surface area contributed by atoms with Crippen LogP contribution in [0, 0.1) is 5.82 Å². The van der Waals surface area contributed by atoms with Gasteiger partial charge in [-0.25, -0.2) is 12.8 Å². The molecule has 4 nitrogen and oxygen atoms in total. The van der Waals surface area contributed by atoms with Crippen molar-refractivity contribution >= 4 is 9.84 Å². The molecule has 0 radical (unpaired) electrons. The lowest BCUT2D eigenvalue weighted by Gasteiger charge is -2.48. The van der Waals surface area contributed by atoms with Crippen molar-refractivity contribution < 1.29 is 17.5 Å². The van der Waals surface area contributed by atoms with Crippen molar-refractivity contribution in [2.24, 2.45) is 0 Å². The molecule has 2 aromatic carbocycles. The van der Waals surface area contributed by atoms with Gasteiger partial charge in [0.25, 0.3) is 0 Å². The number of benzene rings is 2. The van der Waals surface area contributed by atoms with Crippen LogP contribution >= 0.6 is 0 Å². The van der Waals surface area contributed by atoms with Crippen molar-refractivity contribution in [3.8, 4) is 16.9 Å². The van der Waals surface area contributed by atoms with Gasteiger partial charge in [-0.3, -0.25) is 4.90 Å². The summed E-state index contributed by atoms with van der Waals surface area (Å²) in [5.74, 6) is 0.355. The SMILES string of the molecule is CC(C)(C)N1CCC2(CCc3cc(-c4ccc(CS(C)(=O)=O)cc4F)ccc3O2)CC1. The van der Waals surface area contributed by atoms with Crippen LogP contribution in [-0.4, -0.2) is 43.8 Å². The van der Waals surface area contributed by atoms with E-state index in [0.717, 1.165) is 61.9 Å². The molecule has 0 saturated carbocycles. The van der Waals surface area contributed by atoms with Gasteiger partial charge in [-0.05, 0) is 81.3 Å². The summed E-state index contributed by atoms with van der Waals surface area (Å²) in [6.07, 6.45) is 5.12. The quantitative estimate of drug-likeness (QED) is 0.667. The van der Waals surface area contributed by atoms with Crippen molar-refractivity contribution in [3.63, 3.8) is 0 Å². The van der Waals surface area contributed by atoms with Gasteiger partial charge in [0.15, 0.2) is 9.84 Å². The summed E-state index contributed by atoms with van der Waals surface area (Å²) in [6.45, 7) is 8.87. The molecule has 0 bridgehead atoms. The van der Waals surface area contributed by atoms with Gasteiger partial charge in [-0.1, -0.05) is 18.2 Å². The number of rotatable bonds is 3. The third kappa shape index (κ3) is 4.96. The normalized spacial score (nSPS) is 19.1. The van der Waals surface area contributed by atoms with E-state index in [4.69, 9.17) is 4.74 Å². The maximum absolute atomic E-state index is 14.7. The van der Waals surface area contributed by atoms with Crippen LogP contribution in [-0.2, 0) is 22.0 Å². The van der Waals surface area contributed by atoms with Crippen LogP contribution in [0.5, 0.6) is 5.75 Å². The molecule has 0 amide bonds. The molecule has 0 aromatic heterocycles. The van der Waals surface area contributed by atoms with E-state index in [2.05, 4.69) is 25.7 Å². The van der Waals surface area contributed by atoms with Crippen LogP contribution in [0.25, 0.3) is 11.1 Å². The average Bonchev–Trinajstić information content (AvgIpc) is 2.66. The molecule has 31 heavy (non-hydrogen) atoms. The van der Waals surface area contributed by atoms with Crippen molar-refractivity contribution in [3.05, 3.63) is 53.3 Å². The number of piperidine rings is 1. The van der Waals surface area contributed by atoms with Gasteiger partial charge in [-0.15, -0.1) is 0 Å². The van der Waals surface area contributed by atoms with Crippen LogP contribution in [0.4, 0.5) is 4.39 Å². The molecule has 0 aliphatic carbocycles. The van der Waals surface area contributed by atoms with E-state index in [1.54, 1.807) is 12.1 Å². The number of sulfone groups is 1. The zero-order chi connectivity index (χ0) is 22.4. The van der Waals surface area contributed by atoms with Gasteiger partial charge in [-0.2, -0.15) is 0 Å². The minimum atomic E-state index is -3.20. The minimum absolute atomic E-state index is 0.0885. The molecule has 1 saturated heterocycles. The molecule has 168 valence electrons. The molecule has 4 rings (SSSR count). The molecule has 0 unspecified atom stereocenters. The molecule has 2 aliphatic rings. The van der Waals surface area contributed by atoms with Gasteiger partial charge in [0.1, 0.15) is 17.2 Å².